The lowest BCUT2D eigenvalue weighted by molar-refractivity contribution is -0.148. The van der Waals surface area contributed by atoms with E-state index < -0.39 is 18.2 Å². The molecule has 0 spiro atoms. The van der Waals surface area contributed by atoms with E-state index in [-0.39, 0.29) is 24.9 Å². The Bertz CT molecular complexity index is 1260. The van der Waals surface area contributed by atoms with Crippen LogP contribution in [-0.4, -0.2) is 46.9 Å². The van der Waals surface area contributed by atoms with Crippen LogP contribution in [0.5, 0.6) is 0 Å². The quantitative estimate of drug-likeness (QED) is 0.0321. The summed E-state index contributed by atoms with van der Waals surface area (Å²) in [6, 6.07) is -0.750. The monoisotopic (exact) mass is 920 g/mol. The highest BCUT2D eigenvalue weighted by Gasteiger charge is 2.23. The molecule has 3 unspecified atom stereocenters. The number of unbranched alkanes of at least 4 members (excludes halogenated alkanes) is 25. The number of esters is 1. The van der Waals surface area contributed by atoms with Gasteiger partial charge >= 0.3 is 5.97 Å². The van der Waals surface area contributed by atoms with Gasteiger partial charge in [-0.1, -0.05) is 247 Å². The van der Waals surface area contributed by atoms with Crippen molar-refractivity contribution in [3.8, 4) is 0 Å². The topological polar surface area (TPSA) is 95.9 Å². The Morgan fingerprint density at radius 1 is 0.470 bits per heavy atom. The molecule has 0 aliphatic carbocycles. The van der Waals surface area contributed by atoms with Crippen molar-refractivity contribution in [3.05, 3.63) is 85.1 Å². The summed E-state index contributed by atoms with van der Waals surface area (Å²) >= 11 is 0. The molecule has 3 atom stereocenters. The third-order valence-corrected chi connectivity index (χ3v) is 12.2. The van der Waals surface area contributed by atoms with Crippen LogP contribution in [-0.2, 0) is 14.3 Å². The van der Waals surface area contributed by atoms with Crippen molar-refractivity contribution in [2.75, 3.05) is 6.61 Å². The van der Waals surface area contributed by atoms with Crippen LogP contribution in [0.2, 0.25) is 0 Å². The zero-order chi connectivity index (χ0) is 48.1. The molecule has 0 saturated carbocycles. The van der Waals surface area contributed by atoms with E-state index in [1.54, 1.807) is 6.08 Å². The van der Waals surface area contributed by atoms with Gasteiger partial charge in [0.05, 0.1) is 25.2 Å². The molecular formula is C60H105NO5. The Kier molecular flexibility index (Phi) is 50.6. The number of allylic oxidation sites excluding steroid dienone is 13. The van der Waals surface area contributed by atoms with E-state index in [2.05, 4.69) is 99.0 Å². The first-order chi connectivity index (χ1) is 32.5. The molecule has 6 heteroatoms. The minimum Gasteiger partial charge on any atom is -0.458 e. The van der Waals surface area contributed by atoms with Crippen molar-refractivity contribution in [2.45, 2.75) is 277 Å². The average Bonchev–Trinajstić information content (AvgIpc) is 3.31. The molecule has 0 radical (unpaired) electrons. The van der Waals surface area contributed by atoms with Gasteiger partial charge in [-0.05, 0) is 83.1 Å². The summed E-state index contributed by atoms with van der Waals surface area (Å²) in [5, 5.41) is 23.8. The Morgan fingerprint density at radius 3 is 1.27 bits per heavy atom. The number of amides is 1. The molecule has 6 nitrogen and oxygen atoms in total. The van der Waals surface area contributed by atoms with Crippen molar-refractivity contribution >= 4 is 11.9 Å². The molecule has 1 amide bonds. The number of aliphatic hydroxyl groups excluding tert-OH is 2. The molecule has 66 heavy (non-hydrogen) atoms. The number of rotatable bonds is 49. The fourth-order valence-electron chi connectivity index (χ4n) is 8.01. The van der Waals surface area contributed by atoms with Crippen molar-refractivity contribution < 1.29 is 24.5 Å². The van der Waals surface area contributed by atoms with E-state index in [0.717, 1.165) is 83.5 Å². The first-order valence-corrected chi connectivity index (χ1v) is 27.8. The van der Waals surface area contributed by atoms with E-state index >= 15 is 0 Å². The second-order valence-corrected chi connectivity index (χ2v) is 18.6. The lowest BCUT2D eigenvalue weighted by atomic mass is 10.0. The largest absolute Gasteiger partial charge is 0.458 e. The van der Waals surface area contributed by atoms with E-state index in [1.165, 1.54) is 128 Å². The fraction of sp³-hybridized carbons (Fsp3) is 0.733. The summed E-state index contributed by atoms with van der Waals surface area (Å²) in [4.78, 5) is 26.1. The minimum absolute atomic E-state index is 0.0559. The highest BCUT2D eigenvalue weighted by molar-refractivity contribution is 5.78. The van der Waals surface area contributed by atoms with Gasteiger partial charge in [0.1, 0.15) is 6.10 Å². The molecule has 0 saturated heterocycles. The van der Waals surface area contributed by atoms with Crippen LogP contribution in [0.25, 0.3) is 0 Å². The maximum Gasteiger partial charge on any atom is 0.306 e. The molecule has 0 aromatic heterocycles. The lowest BCUT2D eigenvalue weighted by Gasteiger charge is -2.23. The van der Waals surface area contributed by atoms with Crippen LogP contribution in [0.4, 0.5) is 0 Å². The second kappa shape index (κ2) is 53.0. The van der Waals surface area contributed by atoms with Crippen molar-refractivity contribution in [3.63, 3.8) is 0 Å². The molecule has 0 rings (SSSR count). The van der Waals surface area contributed by atoms with Gasteiger partial charge in [-0.15, -0.1) is 0 Å². The fourth-order valence-corrected chi connectivity index (χ4v) is 8.01. The molecule has 0 heterocycles. The van der Waals surface area contributed by atoms with E-state index in [1.807, 2.05) is 6.08 Å². The van der Waals surface area contributed by atoms with Crippen LogP contribution in [0.1, 0.15) is 258 Å². The zero-order valence-corrected chi connectivity index (χ0v) is 43.3. The number of carbonyl (C=O) groups excluding carboxylic acids is 2. The van der Waals surface area contributed by atoms with Gasteiger partial charge in [0.2, 0.25) is 5.91 Å². The third kappa shape index (κ3) is 47.5. The number of hydrogen-bond donors (Lipinski definition) is 3. The molecule has 0 bridgehead atoms. The second-order valence-electron chi connectivity index (χ2n) is 18.6. The normalized spacial score (nSPS) is 13.8. The average molecular weight is 921 g/mol. The standard InChI is InChI=1S/C60H105NO5/c1-4-7-10-13-16-19-22-25-27-29-31-34-36-39-42-45-48-51-56(66-60(65)53-50-47-44-41-38-33-24-21-18-15-12-9-6-3)54-59(64)61-57(55-62)58(63)52-49-46-43-40-37-35-32-30-28-26-23-20-17-14-11-8-5-2/h7,10,16,19,25,27,31,33-34,38-39,42,48,51,56-58,62-63H,4-6,8-9,11-15,17-18,20-24,26,28-30,32,35-37,40-41,43-47,49-50,52-55H2,1-3H3,(H,61,64)/b10-7-,19-16-,27-25-,34-31-,38-33-,42-39-,51-48-. The van der Waals surface area contributed by atoms with Gasteiger partial charge in [-0.2, -0.15) is 0 Å². The van der Waals surface area contributed by atoms with E-state index in [9.17, 15) is 19.8 Å². The summed E-state index contributed by atoms with van der Waals surface area (Å²) in [5.41, 5.74) is 0. The van der Waals surface area contributed by atoms with Gasteiger partial charge in [0.25, 0.3) is 0 Å². The first-order valence-electron chi connectivity index (χ1n) is 27.8. The Labute approximate surface area is 408 Å². The van der Waals surface area contributed by atoms with Gasteiger partial charge in [-0.25, -0.2) is 0 Å². The van der Waals surface area contributed by atoms with Gasteiger partial charge in [-0.3, -0.25) is 9.59 Å². The summed E-state index contributed by atoms with van der Waals surface area (Å²) in [6.07, 6.45) is 69.6. The summed E-state index contributed by atoms with van der Waals surface area (Å²) in [6.45, 7) is 6.34. The smallest absolute Gasteiger partial charge is 0.306 e. The van der Waals surface area contributed by atoms with Crippen LogP contribution >= 0.6 is 0 Å². The van der Waals surface area contributed by atoms with Gasteiger partial charge in [0.15, 0.2) is 0 Å². The number of ether oxygens (including phenoxy) is 1. The van der Waals surface area contributed by atoms with Crippen molar-refractivity contribution in [1.29, 1.82) is 0 Å². The number of hydrogen-bond acceptors (Lipinski definition) is 5. The minimum atomic E-state index is -0.826. The zero-order valence-electron chi connectivity index (χ0n) is 43.3. The molecular weight excluding hydrogens is 815 g/mol. The molecule has 0 fully saturated rings. The molecule has 0 aromatic rings. The van der Waals surface area contributed by atoms with Crippen LogP contribution < -0.4 is 5.32 Å². The maximum atomic E-state index is 13.2. The highest BCUT2D eigenvalue weighted by atomic mass is 16.5. The van der Waals surface area contributed by atoms with E-state index in [4.69, 9.17) is 4.74 Å². The van der Waals surface area contributed by atoms with Crippen LogP contribution in [0, 0.1) is 0 Å². The van der Waals surface area contributed by atoms with Crippen molar-refractivity contribution in [2.24, 2.45) is 0 Å². The Hall–Kier alpha value is -2.96. The number of nitrogens with one attached hydrogen (secondary N) is 1. The van der Waals surface area contributed by atoms with Crippen molar-refractivity contribution in [1.82, 2.24) is 5.32 Å². The number of carbonyl (C=O) groups is 2. The third-order valence-electron chi connectivity index (χ3n) is 12.2. The van der Waals surface area contributed by atoms with Crippen LogP contribution in [0.15, 0.2) is 85.1 Å². The molecule has 0 aliphatic heterocycles. The number of aliphatic hydroxyl groups is 2. The van der Waals surface area contributed by atoms with E-state index in [0.29, 0.717) is 19.3 Å². The maximum absolute atomic E-state index is 13.2. The predicted octanol–water partition coefficient (Wildman–Crippen LogP) is 17.1. The lowest BCUT2D eigenvalue weighted by Crippen LogP contribution is -2.46. The molecule has 380 valence electrons. The SMILES string of the molecule is CC/C=C\C/C=C\C/C=C\C/C=C\C/C=C\C/C=C\C(CC(=O)NC(CO)C(O)CCCCCCCCCCCCCCCCCCC)OC(=O)CCCCC/C=C\CCCCCCCC. The Balaban J connectivity index is 4.72. The molecule has 0 aromatic carbocycles. The summed E-state index contributed by atoms with van der Waals surface area (Å²) in [5.74, 6) is -0.649. The summed E-state index contributed by atoms with van der Waals surface area (Å²) in [7, 11) is 0. The predicted molar refractivity (Wildman–Crippen MR) is 287 cm³/mol. The Morgan fingerprint density at radius 2 is 0.848 bits per heavy atom. The highest BCUT2D eigenvalue weighted by Crippen LogP contribution is 2.16. The molecule has 3 N–H and O–H groups in total. The van der Waals surface area contributed by atoms with Crippen LogP contribution in [0.3, 0.4) is 0 Å². The van der Waals surface area contributed by atoms with Gasteiger partial charge in [0, 0.05) is 6.42 Å². The first kappa shape index (κ1) is 63.0. The molecule has 0 aliphatic rings. The summed E-state index contributed by atoms with van der Waals surface area (Å²) < 4.78 is 5.83. The van der Waals surface area contributed by atoms with Gasteiger partial charge < -0.3 is 20.3 Å².